The highest BCUT2D eigenvalue weighted by Crippen LogP contribution is 1.90. The molecule has 0 saturated heterocycles. The van der Waals surface area contributed by atoms with Gasteiger partial charge in [0.05, 0.1) is 0 Å². The van der Waals surface area contributed by atoms with Gasteiger partial charge in [-0.1, -0.05) is 0 Å². The van der Waals surface area contributed by atoms with E-state index in [0.717, 1.165) is 5.82 Å². The number of nitrogens with one attached hydrogen (secondary N) is 3. The molecule has 0 amide bonds. The first-order chi connectivity index (χ1) is 6.72. The molecule has 5 N–H and O–H groups in total. The van der Waals surface area contributed by atoms with Crippen LogP contribution in [0, 0.1) is 0 Å². The molecule has 1 heterocycles. The summed E-state index contributed by atoms with van der Waals surface area (Å²) >= 11 is 0. The third kappa shape index (κ3) is 3.44. The van der Waals surface area contributed by atoms with Crippen LogP contribution in [-0.4, -0.2) is 22.0 Å². The molecule has 0 aromatic carbocycles. The minimum absolute atomic E-state index is 0.293. The molecule has 0 spiro atoms. The first-order valence-corrected chi connectivity index (χ1v) is 4.48. The lowest BCUT2D eigenvalue weighted by Gasteiger charge is -2.11. The predicted molar refractivity (Wildman–Crippen MR) is 55.3 cm³/mol. The van der Waals surface area contributed by atoms with Crippen molar-refractivity contribution in [3.8, 4) is 0 Å². The number of rotatable bonds is 3. The lowest BCUT2D eigenvalue weighted by molar-refractivity contribution is 0.700. The molecule has 0 fully saturated rings. The summed E-state index contributed by atoms with van der Waals surface area (Å²) in [6, 6.07) is 0.293. The Bertz CT molecular complexity index is 276. The molecule has 0 bridgehead atoms. The van der Waals surface area contributed by atoms with Gasteiger partial charge in [-0.15, -0.1) is 0 Å². The Morgan fingerprint density at radius 2 is 2.50 bits per heavy atom. The Labute approximate surface area is 83.0 Å². The highest BCUT2D eigenvalue weighted by Gasteiger charge is 1.98. The number of nitrogens with zero attached hydrogens (tertiary/aromatic N) is 2. The molecule has 1 rings (SSSR count). The number of nitrogens with two attached hydrogens (primary N) is 1. The summed E-state index contributed by atoms with van der Waals surface area (Å²) in [6.45, 7) is 4.51. The second-order valence-electron chi connectivity index (χ2n) is 3.14. The number of hydrazine groups is 1. The summed E-state index contributed by atoms with van der Waals surface area (Å²) in [6.07, 6.45) is 3.45. The zero-order valence-corrected chi connectivity index (χ0v) is 8.41. The Kier molecular flexibility index (Phi) is 3.93. The number of aliphatic imine (C=N–C) groups is 1. The van der Waals surface area contributed by atoms with E-state index in [-0.39, 0.29) is 0 Å². The molecule has 0 aliphatic heterocycles. The molecule has 0 radical (unpaired) electrons. The van der Waals surface area contributed by atoms with E-state index >= 15 is 0 Å². The highest BCUT2D eigenvalue weighted by atomic mass is 15.3. The fraction of sp³-hybridized carbons (Fsp3) is 0.500. The Morgan fingerprint density at radius 1 is 1.71 bits per heavy atom. The van der Waals surface area contributed by atoms with Crippen LogP contribution in [-0.2, 0) is 6.54 Å². The van der Waals surface area contributed by atoms with Gasteiger partial charge < -0.3 is 10.3 Å². The molecule has 6 heteroatoms. The van der Waals surface area contributed by atoms with Crippen molar-refractivity contribution in [1.82, 2.24) is 20.7 Å². The summed E-state index contributed by atoms with van der Waals surface area (Å²) < 4.78 is 0. The van der Waals surface area contributed by atoms with Gasteiger partial charge in [-0.3, -0.25) is 5.43 Å². The van der Waals surface area contributed by atoms with Gasteiger partial charge >= 0.3 is 0 Å². The molecule has 1 aromatic heterocycles. The van der Waals surface area contributed by atoms with Gasteiger partial charge in [0.25, 0.3) is 0 Å². The minimum Gasteiger partial charge on any atom is -0.353 e. The normalized spacial score (nSPS) is 11.9. The molecule has 0 aliphatic carbocycles. The first-order valence-electron chi connectivity index (χ1n) is 4.48. The molecule has 6 nitrogen and oxygen atoms in total. The van der Waals surface area contributed by atoms with E-state index < -0.39 is 0 Å². The maximum atomic E-state index is 5.29. The van der Waals surface area contributed by atoms with Crippen LogP contribution in [0.25, 0.3) is 0 Å². The van der Waals surface area contributed by atoms with Crippen molar-refractivity contribution in [2.45, 2.75) is 26.4 Å². The summed E-state index contributed by atoms with van der Waals surface area (Å²) in [7, 11) is 0. The van der Waals surface area contributed by atoms with Crippen LogP contribution >= 0.6 is 0 Å². The SMILES string of the molecule is CC(C)NC(=NCc1ncc[nH]1)NN. The van der Waals surface area contributed by atoms with Crippen LogP contribution in [0.3, 0.4) is 0 Å². The van der Waals surface area contributed by atoms with Gasteiger partial charge in [0.1, 0.15) is 12.4 Å². The van der Waals surface area contributed by atoms with Gasteiger partial charge in [0.15, 0.2) is 0 Å². The van der Waals surface area contributed by atoms with Crippen molar-refractivity contribution in [3.63, 3.8) is 0 Å². The largest absolute Gasteiger partial charge is 0.353 e. The third-order valence-corrected chi connectivity index (χ3v) is 1.50. The van der Waals surface area contributed by atoms with E-state index in [0.29, 0.717) is 18.5 Å². The van der Waals surface area contributed by atoms with Crippen LogP contribution < -0.4 is 16.6 Å². The molecule has 78 valence electrons. The number of aromatic amines is 1. The topological polar surface area (TPSA) is 91.1 Å². The third-order valence-electron chi connectivity index (χ3n) is 1.50. The van der Waals surface area contributed by atoms with Gasteiger partial charge in [0.2, 0.25) is 5.96 Å². The van der Waals surface area contributed by atoms with Crippen molar-refractivity contribution < 1.29 is 0 Å². The van der Waals surface area contributed by atoms with Crippen molar-refractivity contribution in [2.24, 2.45) is 10.8 Å². The van der Waals surface area contributed by atoms with E-state index in [1.54, 1.807) is 12.4 Å². The standard InChI is InChI=1S/C8H16N6/c1-6(2)13-8(14-9)12-5-7-10-3-4-11-7/h3-4,6H,5,9H2,1-2H3,(H,10,11)(H2,12,13,14). The maximum absolute atomic E-state index is 5.29. The number of guanidine groups is 1. The van der Waals surface area contributed by atoms with Crippen molar-refractivity contribution in [1.29, 1.82) is 0 Å². The molecule has 1 aromatic rings. The molecule has 0 saturated carbocycles. The van der Waals surface area contributed by atoms with Gasteiger partial charge in [-0.2, -0.15) is 0 Å². The predicted octanol–water partition coefficient (Wildman–Crippen LogP) is -0.273. The second kappa shape index (κ2) is 5.23. The average molecular weight is 196 g/mol. The van der Waals surface area contributed by atoms with Crippen molar-refractivity contribution >= 4 is 5.96 Å². The smallest absolute Gasteiger partial charge is 0.206 e. The van der Waals surface area contributed by atoms with Crippen LogP contribution in [0.15, 0.2) is 17.4 Å². The van der Waals surface area contributed by atoms with E-state index in [9.17, 15) is 0 Å². The number of aromatic nitrogens is 2. The number of hydrogen-bond donors (Lipinski definition) is 4. The summed E-state index contributed by atoms with van der Waals surface area (Å²) in [4.78, 5) is 11.2. The quantitative estimate of drug-likeness (QED) is 0.232. The van der Waals surface area contributed by atoms with Gasteiger partial charge in [-0.25, -0.2) is 15.8 Å². The summed E-state index contributed by atoms with van der Waals surface area (Å²) in [5.74, 6) is 6.66. The molecule has 14 heavy (non-hydrogen) atoms. The monoisotopic (exact) mass is 196 g/mol. The molecule has 0 unspecified atom stereocenters. The van der Waals surface area contributed by atoms with E-state index in [1.807, 2.05) is 13.8 Å². The highest BCUT2D eigenvalue weighted by molar-refractivity contribution is 5.79. The van der Waals surface area contributed by atoms with Crippen LogP contribution in [0.5, 0.6) is 0 Å². The average Bonchev–Trinajstić information content (AvgIpc) is 2.64. The fourth-order valence-corrected chi connectivity index (χ4v) is 0.945. The second-order valence-corrected chi connectivity index (χ2v) is 3.14. The Morgan fingerprint density at radius 3 is 3.00 bits per heavy atom. The number of H-pyrrole nitrogens is 1. The van der Waals surface area contributed by atoms with Crippen LogP contribution in [0.4, 0.5) is 0 Å². The van der Waals surface area contributed by atoms with Crippen molar-refractivity contribution in [3.05, 3.63) is 18.2 Å². The maximum Gasteiger partial charge on any atom is 0.206 e. The Hall–Kier alpha value is -1.56. The molecule has 0 aliphatic rings. The van der Waals surface area contributed by atoms with Crippen molar-refractivity contribution in [2.75, 3.05) is 0 Å². The summed E-state index contributed by atoms with van der Waals surface area (Å²) in [5.41, 5.74) is 2.49. The number of imidazole rings is 1. The zero-order chi connectivity index (χ0) is 10.4. The van der Waals surface area contributed by atoms with E-state index in [1.165, 1.54) is 0 Å². The lowest BCUT2D eigenvalue weighted by atomic mass is 10.4. The number of hydrogen-bond acceptors (Lipinski definition) is 3. The lowest BCUT2D eigenvalue weighted by Crippen LogP contribution is -2.44. The fourth-order valence-electron chi connectivity index (χ4n) is 0.945. The molecular formula is C8H16N6. The zero-order valence-electron chi connectivity index (χ0n) is 8.41. The summed E-state index contributed by atoms with van der Waals surface area (Å²) in [5, 5.41) is 3.06. The van der Waals surface area contributed by atoms with E-state index in [2.05, 4.69) is 25.7 Å². The van der Waals surface area contributed by atoms with Crippen LogP contribution in [0.1, 0.15) is 19.7 Å². The minimum atomic E-state index is 0.293. The van der Waals surface area contributed by atoms with Crippen LogP contribution in [0.2, 0.25) is 0 Å². The molecule has 0 atom stereocenters. The first kappa shape index (κ1) is 10.5. The van der Waals surface area contributed by atoms with Gasteiger partial charge in [-0.05, 0) is 13.8 Å². The van der Waals surface area contributed by atoms with Gasteiger partial charge in [0, 0.05) is 18.4 Å². The van der Waals surface area contributed by atoms with E-state index in [4.69, 9.17) is 5.84 Å². The Balaban J connectivity index is 2.48. The molecular weight excluding hydrogens is 180 g/mol.